The summed E-state index contributed by atoms with van der Waals surface area (Å²) in [6.07, 6.45) is 5.18. The summed E-state index contributed by atoms with van der Waals surface area (Å²) in [6.45, 7) is 6.86. The van der Waals surface area contributed by atoms with Gasteiger partial charge in [0.05, 0.1) is 19.7 Å². The SMILES string of the molecule is C=C1CC(C)CC(N)(CCNC(=O)c2ccnc3nc(-c4ccc(Br)s4)[nH]c23)C1. The van der Waals surface area contributed by atoms with Gasteiger partial charge in [-0.15, -0.1) is 11.3 Å². The first kappa shape index (κ1) is 20.3. The number of aromatic amines is 1. The number of thiophene rings is 1. The lowest BCUT2D eigenvalue weighted by atomic mass is 9.73. The van der Waals surface area contributed by atoms with Gasteiger partial charge in [0, 0.05) is 18.3 Å². The number of amides is 1. The average molecular weight is 474 g/mol. The number of nitrogens with one attached hydrogen (secondary N) is 2. The molecule has 4 rings (SSSR count). The topological polar surface area (TPSA) is 96.7 Å². The van der Waals surface area contributed by atoms with Crippen LogP contribution in [0.3, 0.4) is 0 Å². The number of hydrogen-bond donors (Lipinski definition) is 3. The molecule has 0 saturated heterocycles. The van der Waals surface area contributed by atoms with E-state index >= 15 is 0 Å². The van der Waals surface area contributed by atoms with E-state index < -0.39 is 0 Å². The Labute approximate surface area is 182 Å². The van der Waals surface area contributed by atoms with Gasteiger partial charge >= 0.3 is 0 Å². The lowest BCUT2D eigenvalue weighted by molar-refractivity contribution is 0.0950. The maximum Gasteiger partial charge on any atom is 0.253 e. The number of rotatable bonds is 5. The van der Waals surface area contributed by atoms with Crippen LogP contribution < -0.4 is 11.1 Å². The summed E-state index contributed by atoms with van der Waals surface area (Å²) in [7, 11) is 0. The second-order valence-corrected chi connectivity index (χ2v) is 10.5. The number of hydrogen-bond acceptors (Lipinski definition) is 5. The van der Waals surface area contributed by atoms with Crippen LogP contribution in [0, 0.1) is 5.92 Å². The lowest BCUT2D eigenvalue weighted by Gasteiger charge is -2.38. The van der Waals surface area contributed by atoms with Crippen LogP contribution in [-0.4, -0.2) is 32.9 Å². The molecule has 3 heterocycles. The molecule has 0 aliphatic heterocycles. The van der Waals surface area contributed by atoms with Gasteiger partial charge in [-0.1, -0.05) is 19.1 Å². The Morgan fingerprint density at radius 1 is 1.48 bits per heavy atom. The van der Waals surface area contributed by atoms with Crippen molar-refractivity contribution in [3.05, 3.63) is 45.9 Å². The molecule has 2 unspecified atom stereocenters. The molecule has 2 atom stereocenters. The number of nitrogens with two attached hydrogens (primary N) is 1. The molecule has 3 aromatic rings. The summed E-state index contributed by atoms with van der Waals surface area (Å²) in [6, 6.07) is 5.66. The van der Waals surface area contributed by atoms with Gasteiger partial charge in [0.2, 0.25) is 0 Å². The first-order valence-corrected chi connectivity index (χ1v) is 11.3. The summed E-state index contributed by atoms with van der Waals surface area (Å²) in [4.78, 5) is 25.9. The standard InChI is InChI=1S/C21H24BrN5OS/c1-12-9-13(2)11-21(23,10-12)6-8-25-20(28)14-5-7-24-19-17(14)26-18(27-19)15-3-4-16(22)29-15/h3-5,7,13H,1,6,8-11,23H2,2H3,(H,25,28)(H,24,26,27). The quantitative estimate of drug-likeness (QED) is 0.470. The van der Waals surface area contributed by atoms with E-state index in [1.807, 2.05) is 12.1 Å². The third-order valence-corrected chi connectivity index (χ3v) is 6.98. The van der Waals surface area contributed by atoms with Crippen molar-refractivity contribution in [2.75, 3.05) is 6.54 Å². The Hall–Kier alpha value is -2.03. The summed E-state index contributed by atoms with van der Waals surface area (Å²) < 4.78 is 1.02. The van der Waals surface area contributed by atoms with Crippen LogP contribution in [-0.2, 0) is 0 Å². The number of H-pyrrole nitrogens is 1. The highest BCUT2D eigenvalue weighted by Crippen LogP contribution is 2.35. The number of carbonyl (C=O) groups excluding carboxylic acids is 1. The first-order chi connectivity index (χ1) is 13.8. The van der Waals surface area contributed by atoms with Gasteiger partial charge in [0.15, 0.2) is 11.5 Å². The second kappa shape index (κ2) is 8.01. The van der Waals surface area contributed by atoms with Crippen molar-refractivity contribution in [3.8, 4) is 10.7 Å². The van der Waals surface area contributed by atoms with Gasteiger partial charge in [-0.3, -0.25) is 4.79 Å². The monoisotopic (exact) mass is 473 g/mol. The van der Waals surface area contributed by atoms with Crippen LogP contribution in [0.2, 0.25) is 0 Å². The van der Waals surface area contributed by atoms with Crippen molar-refractivity contribution in [3.63, 3.8) is 0 Å². The molecule has 0 spiro atoms. The summed E-state index contributed by atoms with van der Waals surface area (Å²) in [5.74, 6) is 1.10. The van der Waals surface area contributed by atoms with Gasteiger partial charge in [-0.25, -0.2) is 9.97 Å². The predicted molar refractivity (Wildman–Crippen MR) is 121 cm³/mol. The largest absolute Gasteiger partial charge is 0.352 e. The molecule has 3 aromatic heterocycles. The van der Waals surface area contributed by atoms with E-state index in [0.717, 1.165) is 34.3 Å². The van der Waals surface area contributed by atoms with Crippen molar-refractivity contribution in [2.45, 2.75) is 38.1 Å². The zero-order chi connectivity index (χ0) is 20.6. The minimum atomic E-state index is -0.288. The number of aromatic nitrogens is 3. The highest BCUT2D eigenvalue weighted by Gasteiger charge is 2.32. The molecule has 1 aliphatic carbocycles. The Morgan fingerprint density at radius 2 is 2.31 bits per heavy atom. The molecule has 8 heteroatoms. The summed E-state index contributed by atoms with van der Waals surface area (Å²) >= 11 is 5.04. The predicted octanol–water partition coefficient (Wildman–Crippen LogP) is 4.64. The second-order valence-electron chi connectivity index (χ2n) is 8.05. The Morgan fingerprint density at radius 3 is 3.03 bits per heavy atom. The van der Waals surface area contributed by atoms with Crippen molar-refractivity contribution in [1.29, 1.82) is 0 Å². The smallest absolute Gasteiger partial charge is 0.253 e. The van der Waals surface area contributed by atoms with Gasteiger partial charge in [-0.05, 0) is 65.7 Å². The first-order valence-electron chi connectivity index (χ1n) is 9.67. The highest BCUT2D eigenvalue weighted by molar-refractivity contribution is 9.11. The zero-order valence-corrected chi connectivity index (χ0v) is 18.7. The average Bonchev–Trinajstić information content (AvgIpc) is 3.25. The minimum absolute atomic E-state index is 0.147. The number of halogens is 1. The normalized spacial score (nSPS) is 22.2. The van der Waals surface area contributed by atoms with E-state index in [1.54, 1.807) is 23.6 Å². The Balaban J connectivity index is 1.47. The van der Waals surface area contributed by atoms with Crippen LogP contribution in [0.25, 0.3) is 21.9 Å². The molecule has 0 radical (unpaired) electrons. The number of pyridine rings is 1. The maximum atomic E-state index is 12.8. The van der Waals surface area contributed by atoms with Crippen LogP contribution >= 0.6 is 27.3 Å². The van der Waals surface area contributed by atoms with E-state index in [0.29, 0.717) is 35.0 Å². The molecule has 1 fully saturated rings. The van der Waals surface area contributed by atoms with Gasteiger partial charge in [-0.2, -0.15) is 0 Å². The molecule has 29 heavy (non-hydrogen) atoms. The van der Waals surface area contributed by atoms with E-state index in [-0.39, 0.29) is 11.4 Å². The molecule has 152 valence electrons. The summed E-state index contributed by atoms with van der Waals surface area (Å²) in [5, 5.41) is 3.02. The molecular formula is C21H24BrN5OS. The molecular weight excluding hydrogens is 450 g/mol. The fraction of sp³-hybridized carbons (Fsp3) is 0.381. The van der Waals surface area contributed by atoms with Crippen molar-refractivity contribution in [2.24, 2.45) is 11.7 Å². The number of fused-ring (bicyclic) bond motifs is 1. The van der Waals surface area contributed by atoms with E-state index in [4.69, 9.17) is 5.73 Å². The number of nitrogens with zero attached hydrogens (tertiary/aromatic N) is 2. The van der Waals surface area contributed by atoms with Crippen molar-refractivity contribution >= 4 is 44.3 Å². The van der Waals surface area contributed by atoms with Crippen LogP contribution in [0.1, 0.15) is 43.0 Å². The van der Waals surface area contributed by atoms with Crippen molar-refractivity contribution < 1.29 is 4.79 Å². The number of carbonyl (C=O) groups is 1. The van der Waals surface area contributed by atoms with Gasteiger partial charge in [0.1, 0.15) is 0 Å². The summed E-state index contributed by atoms with van der Waals surface area (Å²) in [5.41, 5.74) is 9.22. The van der Waals surface area contributed by atoms with E-state index in [2.05, 4.69) is 49.7 Å². The van der Waals surface area contributed by atoms with Crippen LogP contribution in [0.4, 0.5) is 0 Å². The van der Waals surface area contributed by atoms with E-state index in [1.165, 1.54) is 5.57 Å². The molecule has 1 aliphatic rings. The zero-order valence-electron chi connectivity index (χ0n) is 16.3. The maximum absolute atomic E-state index is 12.8. The molecule has 1 saturated carbocycles. The third kappa shape index (κ3) is 4.44. The molecule has 0 aromatic carbocycles. The molecule has 0 bridgehead atoms. The lowest BCUT2D eigenvalue weighted by Crippen LogP contribution is -2.47. The molecule has 1 amide bonds. The highest BCUT2D eigenvalue weighted by atomic mass is 79.9. The third-order valence-electron chi connectivity index (χ3n) is 5.35. The Bertz CT molecular complexity index is 1070. The molecule has 4 N–H and O–H groups in total. The fourth-order valence-electron chi connectivity index (χ4n) is 4.27. The van der Waals surface area contributed by atoms with Crippen LogP contribution in [0.5, 0.6) is 0 Å². The van der Waals surface area contributed by atoms with Gasteiger partial charge in [0.25, 0.3) is 5.91 Å². The number of imidazole rings is 1. The van der Waals surface area contributed by atoms with Crippen LogP contribution in [0.15, 0.2) is 40.3 Å². The fourth-order valence-corrected chi connectivity index (χ4v) is 5.60. The molecule has 6 nitrogen and oxygen atoms in total. The minimum Gasteiger partial charge on any atom is -0.352 e. The Kier molecular flexibility index (Phi) is 5.59. The van der Waals surface area contributed by atoms with E-state index in [9.17, 15) is 4.79 Å². The van der Waals surface area contributed by atoms with Gasteiger partial charge < -0.3 is 16.0 Å². The van der Waals surface area contributed by atoms with Crippen molar-refractivity contribution in [1.82, 2.24) is 20.3 Å².